The molecular formula is C28H36Br2ClN3O2S. The maximum absolute atomic E-state index is 13.2. The van der Waals surface area contributed by atoms with Crippen molar-refractivity contribution in [3.63, 3.8) is 0 Å². The van der Waals surface area contributed by atoms with Crippen molar-refractivity contribution in [2.75, 3.05) is 31.9 Å². The van der Waals surface area contributed by atoms with Gasteiger partial charge in [-0.1, -0.05) is 34.5 Å². The molecule has 0 bridgehead atoms. The Kier molecular flexibility index (Phi) is 9.22. The standard InChI is InChI=1S/C28H36Br2ClN3O2S/c1-2-37(36)34-11-5-18(6-12-34)13-25(35)33-9-7-19(8-10-33)27-26-20(15-23(31)16-24(26)30)3-4-21-14-22(29)17-32-28(21)27/h14-19,27-28,32H,2-13H2,1H3. The molecule has 5 rings (SSSR count). The Morgan fingerprint density at radius 1 is 1.11 bits per heavy atom. The Morgan fingerprint density at radius 2 is 1.84 bits per heavy atom. The Labute approximate surface area is 245 Å². The minimum Gasteiger partial charge on any atom is -0.383 e. The number of dihydropyridines is 1. The molecule has 0 spiro atoms. The molecule has 5 nitrogen and oxygen atoms in total. The lowest BCUT2D eigenvalue weighted by Crippen LogP contribution is -2.45. The molecule has 0 radical (unpaired) electrons. The number of fused-ring (bicyclic) bond motifs is 2. The molecule has 0 saturated carbocycles. The topological polar surface area (TPSA) is 52.7 Å². The second-order valence-corrected chi connectivity index (χ2v) is 14.7. The zero-order valence-corrected chi connectivity index (χ0v) is 26.1. The van der Waals surface area contributed by atoms with Gasteiger partial charge in [0, 0.05) is 64.4 Å². The highest BCUT2D eigenvalue weighted by atomic mass is 79.9. The van der Waals surface area contributed by atoms with Crippen LogP contribution >= 0.6 is 43.5 Å². The fraction of sp³-hybridized carbons (Fsp3) is 0.607. The zero-order valence-electron chi connectivity index (χ0n) is 21.4. The molecule has 3 unspecified atom stereocenters. The number of likely N-dealkylation sites (tertiary alicyclic amines) is 1. The number of halogens is 3. The summed E-state index contributed by atoms with van der Waals surface area (Å²) in [6, 6.07) is 4.44. The van der Waals surface area contributed by atoms with E-state index < -0.39 is 11.0 Å². The van der Waals surface area contributed by atoms with E-state index in [1.165, 1.54) is 16.7 Å². The highest BCUT2D eigenvalue weighted by Crippen LogP contribution is 2.47. The van der Waals surface area contributed by atoms with Crippen LogP contribution in [0.2, 0.25) is 5.02 Å². The maximum atomic E-state index is 13.2. The molecule has 2 fully saturated rings. The van der Waals surface area contributed by atoms with Crippen LogP contribution in [0.3, 0.4) is 0 Å². The number of benzene rings is 1. The molecular weight excluding hydrogens is 638 g/mol. The van der Waals surface area contributed by atoms with Gasteiger partial charge < -0.3 is 10.2 Å². The molecule has 37 heavy (non-hydrogen) atoms. The summed E-state index contributed by atoms with van der Waals surface area (Å²) in [4.78, 5) is 15.3. The number of carbonyl (C=O) groups is 1. The van der Waals surface area contributed by atoms with E-state index in [0.29, 0.717) is 35.8 Å². The molecule has 1 N–H and O–H groups in total. The average Bonchev–Trinajstić information content (AvgIpc) is 3.05. The molecule has 3 aliphatic heterocycles. The van der Waals surface area contributed by atoms with Gasteiger partial charge in [-0.25, -0.2) is 8.51 Å². The molecule has 1 amide bonds. The largest absolute Gasteiger partial charge is 0.383 e. The molecule has 4 aliphatic rings. The van der Waals surface area contributed by atoms with E-state index >= 15 is 0 Å². The molecule has 0 aromatic heterocycles. The first-order valence-corrected chi connectivity index (χ1v) is 16.8. The minimum absolute atomic E-state index is 0.256. The first-order chi connectivity index (χ1) is 17.8. The molecule has 1 aromatic carbocycles. The van der Waals surface area contributed by atoms with Gasteiger partial charge >= 0.3 is 0 Å². The summed E-state index contributed by atoms with van der Waals surface area (Å²) < 4.78 is 16.3. The predicted molar refractivity (Wildman–Crippen MR) is 159 cm³/mol. The van der Waals surface area contributed by atoms with E-state index in [1.807, 2.05) is 13.0 Å². The fourth-order valence-electron chi connectivity index (χ4n) is 6.70. The van der Waals surface area contributed by atoms with Crippen molar-refractivity contribution in [2.24, 2.45) is 11.8 Å². The number of nitrogens with one attached hydrogen (secondary N) is 1. The Hall–Kier alpha value is -0.670. The molecule has 202 valence electrons. The Balaban J connectivity index is 1.26. The van der Waals surface area contributed by atoms with Crippen molar-refractivity contribution in [1.29, 1.82) is 0 Å². The van der Waals surface area contributed by atoms with E-state index in [9.17, 15) is 9.00 Å². The van der Waals surface area contributed by atoms with Gasteiger partial charge in [0.1, 0.15) is 0 Å². The van der Waals surface area contributed by atoms with Gasteiger partial charge in [0.05, 0.1) is 17.0 Å². The average molecular weight is 674 g/mol. The van der Waals surface area contributed by atoms with E-state index in [0.717, 1.165) is 78.7 Å². The van der Waals surface area contributed by atoms with E-state index in [2.05, 4.69) is 64.7 Å². The lowest BCUT2D eigenvalue weighted by Gasteiger charge is -2.41. The van der Waals surface area contributed by atoms with Crippen LogP contribution in [0.4, 0.5) is 0 Å². The van der Waals surface area contributed by atoms with E-state index in [-0.39, 0.29) is 6.04 Å². The van der Waals surface area contributed by atoms with Crippen molar-refractivity contribution in [3.05, 3.63) is 55.1 Å². The van der Waals surface area contributed by atoms with Crippen molar-refractivity contribution < 1.29 is 9.00 Å². The summed E-state index contributed by atoms with van der Waals surface area (Å²) in [5, 5.41) is 4.49. The second-order valence-electron chi connectivity index (χ2n) is 10.8. The summed E-state index contributed by atoms with van der Waals surface area (Å²) in [6.45, 7) is 5.30. The zero-order chi connectivity index (χ0) is 26.1. The van der Waals surface area contributed by atoms with Gasteiger partial charge in [0.25, 0.3) is 0 Å². The molecule has 1 aliphatic carbocycles. The van der Waals surface area contributed by atoms with Crippen molar-refractivity contribution >= 4 is 60.4 Å². The first-order valence-electron chi connectivity index (χ1n) is 13.5. The van der Waals surface area contributed by atoms with Gasteiger partial charge in [-0.05, 0) is 101 Å². The van der Waals surface area contributed by atoms with Crippen LogP contribution in [0.15, 0.2) is 38.9 Å². The van der Waals surface area contributed by atoms with Crippen LogP contribution in [0.1, 0.15) is 62.5 Å². The van der Waals surface area contributed by atoms with Crippen LogP contribution < -0.4 is 5.32 Å². The van der Waals surface area contributed by atoms with E-state index in [1.54, 1.807) is 0 Å². The molecule has 3 heterocycles. The fourth-order valence-corrected chi connectivity index (χ4v) is 9.25. The number of amides is 1. The Morgan fingerprint density at radius 3 is 2.54 bits per heavy atom. The molecule has 3 atom stereocenters. The molecule has 1 aromatic rings. The highest BCUT2D eigenvalue weighted by Gasteiger charge is 2.40. The van der Waals surface area contributed by atoms with Crippen molar-refractivity contribution in [2.45, 2.75) is 63.8 Å². The number of piperidine rings is 2. The van der Waals surface area contributed by atoms with Gasteiger partial charge in [-0.15, -0.1) is 0 Å². The number of nitrogens with zero attached hydrogens (tertiary/aromatic N) is 2. The lowest BCUT2D eigenvalue weighted by atomic mass is 9.73. The monoisotopic (exact) mass is 671 g/mol. The number of hydrogen-bond acceptors (Lipinski definition) is 3. The maximum Gasteiger partial charge on any atom is 0.222 e. The third kappa shape index (κ3) is 6.24. The van der Waals surface area contributed by atoms with Crippen molar-refractivity contribution in [3.8, 4) is 0 Å². The quantitative estimate of drug-likeness (QED) is 0.400. The van der Waals surface area contributed by atoms with Crippen LogP contribution in [-0.2, 0) is 22.2 Å². The van der Waals surface area contributed by atoms with Crippen LogP contribution in [0, 0.1) is 11.8 Å². The van der Waals surface area contributed by atoms with Gasteiger partial charge in [0.2, 0.25) is 5.91 Å². The van der Waals surface area contributed by atoms with Gasteiger partial charge in [-0.3, -0.25) is 4.79 Å². The minimum atomic E-state index is -0.865. The third-order valence-corrected chi connectivity index (χ3v) is 11.4. The Bertz CT molecular complexity index is 1110. The molecule has 9 heteroatoms. The number of carbonyl (C=O) groups excluding carboxylic acids is 1. The van der Waals surface area contributed by atoms with Gasteiger partial charge in [0.15, 0.2) is 0 Å². The van der Waals surface area contributed by atoms with E-state index in [4.69, 9.17) is 11.6 Å². The van der Waals surface area contributed by atoms with Crippen molar-refractivity contribution in [1.82, 2.24) is 14.5 Å². The predicted octanol–water partition coefficient (Wildman–Crippen LogP) is 6.29. The van der Waals surface area contributed by atoms with Crippen LogP contribution in [0.5, 0.6) is 0 Å². The molecule has 2 saturated heterocycles. The number of rotatable bonds is 5. The summed E-state index contributed by atoms with van der Waals surface area (Å²) in [6.07, 6.45) is 10.9. The smallest absolute Gasteiger partial charge is 0.222 e. The normalized spacial score (nSPS) is 26.3. The highest BCUT2D eigenvalue weighted by molar-refractivity contribution is 9.12. The summed E-state index contributed by atoms with van der Waals surface area (Å²) in [7, 11) is -0.865. The first kappa shape index (κ1) is 27.9. The lowest BCUT2D eigenvalue weighted by molar-refractivity contribution is -0.134. The number of hydrogen-bond donors (Lipinski definition) is 1. The summed E-state index contributed by atoms with van der Waals surface area (Å²) in [5.41, 5.74) is 4.16. The SMILES string of the molecule is CCS(=O)N1CCC(CC(=O)N2CCC(C3c4c(Br)cc(Cl)cc4CCC4=CC(Br)=CNC43)CC2)CC1. The number of aryl methyl sites for hydroxylation is 1. The van der Waals surface area contributed by atoms with Gasteiger partial charge in [-0.2, -0.15) is 0 Å². The third-order valence-electron chi connectivity index (χ3n) is 8.65. The number of allylic oxidation sites excluding steroid dienone is 2. The second kappa shape index (κ2) is 12.2. The summed E-state index contributed by atoms with van der Waals surface area (Å²) >= 11 is 14.0. The van der Waals surface area contributed by atoms with Crippen LogP contribution in [0.25, 0.3) is 0 Å². The van der Waals surface area contributed by atoms with Crippen LogP contribution in [-0.4, -0.2) is 57.3 Å². The summed E-state index contributed by atoms with van der Waals surface area (Å²) in [5.74, 6) is 2.19.